The monoisotopic (exact) mass is 298 g/mol. The molecule has 0 aromatic carbocycles. The number of Topliss-reactive ketones (excluding diaryl/α,β-unsaturated/α-hetero) is 1. The minimum Gasteiger partial charge on any atom is -0.309 e. The van der Waals surface area contributed by atoms with Crippen LogP contribution in [0.15, 0.2) is 24.5 Å². The van der Waals surface area contributed by atoms with Crippen LogP contribution in [0.1, 0.15) is 35.3 Å². The summed E-state index contributed by atoms with van der Waals surface area (Å²) in [5.41, 5.74) is 3.66. The van der Waals surface area contributed by atoms with E-state index < -0.39 is 0 Å². The third kappa shape index (κ3) is 2.95. The van der Waals surface area contributed by atoms with E-state index in [4.69, 9.17) is 5.10 Å². The molecule has 0 unspecified atom stereocenters. The summed E-state index contributed by atoms with van der Waals surface area (Å²) in [7, 11) is 4.15. The van der Waals surface area contributed by atoms with Crippen molar-refractivity contribution in [2.45, 2.75) is 32.2 Å². The van der Waals surface area contributed by atoms with Gasteiger partial charge in [0.25, 0.3) is 0 Å². The second-order valence-electron chi connectivity index (χ2n) is 6.07. The van der Waals surface area contributed by atoms with Gasteiger partial charge in [-0.05, 0) is 52.0 Å². The molecule has 0 saturated heterocycles. The Morgan fingerprint density at radius 3 is 2.91 bits per heavy atom. The highest BCUT2D eigenvalue weighted by Crippen LogP contribution is 2.30. The van der Waals surface area contributed by atoms with Gasteiger partial charge in [0, 0.05) is 36.6 Å². The van der Waals surface area contributed by atoms with Crippen molar-refractivity contribution in [3.8, 4) is 11.3 Å². The molecule has 0 atom stereocenters. The average Bonchev–Trinajstić information content (AvgIpc) is 2.88. The lowest BCUT2D eigenvalue weighted by molar-refractivity contribution is 0.0972. The maximum atomic E-state index is 12.4. The second-order valence-corrected chi connectivity index (χ2v) is 6.07. The number of ketones is 1. The van der Waals surface area contributed by atoms with Crippen molar-refractivity contribution in [1.29, 1.82) is 0 Å². The zero-order chi connectivity index (χ0) is 15.5. The van der Waals surface area contributed by atoms with Crippen LogP contribution in [0.2, 0.25) is 0 Å². The van der Waals surface area contributed by atoms with Crippen LogP contribution in [0.4, 0.5) is 0 Å². The van der Waals surface area contributed by atoms with Gasteiger partial charge in [0.2, 0.25) is 0 Å². The third-order valence-electron chi connectivity index (χ3n) is 4.06. The van der Waals surface area contributed by atoms with Gasteiger partial charge >= 0.3 is 0 Å². The highest BCUT2D eigenvalue weighted by Gasteiger charge is 2.27. The summed E-state index contributed by atoms with van der Waals surface area (Å²) in [4.78, 5) is 18.7. The van der Waals surface area contributed by atoms with Gasteiger partial charge in [0.1, 0.15) is 5.69 Å². The topological polar surface area (TPSA) is 51.0 Å². The quantitative estimate of drug-likeness (QED) is 0.850. The van der Waals surface area contributed by atoms with Gasteiger partial charge in [0.05, 0.1) is 5.56 Å². The maximum absolute atomic E-state index is 12.4. The molecule has 2 aromatic heterocycles. The second kappa shape index (κ2) is 6.40. The minimum absolute atomic E-state index is 0.221. The molecule has 1 aliphatic rings. The molecule has 0 spiro atoms. The summed E-state index contributed by atoms with van der Waals surface area (Å²) >= 11 is 0. The van der Waals surface area contributed by atoms with Crippen LogP contribution in [0.3, 0.4) is 0 Å². The van der Waals surface area contributed by atoms with Crippen molar-refractivity contribution >= 4 is 5.78 Å². The van der Waals surface area contributed by atoms with E-state index in [2.05, 4.69) is 24.0 Å². The number of carbonyl (C=O) groups excluding carboxylic acids is 1. The molecule has 0 aliphatic heterocycles. The number of pyridine rings is 1. The first-order valence-electron chi connectivity index (χ1n) is 7.85. The molecule has 3 rings (SSSR count). The Bertz CT molecular complexity index is 661. The van der Waals surface area contributed by atoms with Gasteiger partial charge in [-0.15, -0.1) is 0 Å². The van der Waals surface area contributed by atoms with E-state index in [1.165, 1.54) is 0 Å². The van der Waals surface area contributed by atoms with Crippen molar-refractivity contribution in [2.24, 2.45) is 0 Å². The SMILES string of the molecule is CN(C)CCCn1nc(-c2cccnc2)c2c1CCCC2=O. The molecular formula is C17H22N4O. The Balaban J connectivity index is 1.96. The van der Waals surface area contributed by atoms with Crippen LogP contribution < -0.4 is 0 Å². The van der Waals surface area contributed by atoms with Crippen molar-refractivity contribution < 1.29 is 4.79 Å². The van der Waals surface area contributed by atoms with E-state index in [0.29, 0.717) is 6.42 Å². The summed E-state index contributed by atoms with van der Waals surface area (Å²) in [5.74, 6) is 0.221. The predicted octanol–water partition coefficient (Wildman–Crippen LogP) is 2.42. The summed E-state index contributed by atoms with van der Waals surface area (Å²) in [6, 6.07) is 3.86. The van der Waals surface area contributed by atoms with Crippen LogP contribution in [0.5, 0.6) is 0 Å². The van der Waals surface area contributed by atoms with Crippen LogP contribution in [-0.4, -0.2) is 46.1 Å². The maximum Gasteiger partial charge on any atom is 0.166 e. The molecule has 0 amide bonds. The van der Waals surface area contributed by atoms with E-state index >= 15 is 0 Å². The van der Waals surface area contributed by atoms with Crippen molar-refractivity contribution in [3.05, 3.63) is 35.8 Å². The number of hydrogen-bond acceptors (Lipinski definition) is 4. The molecule has 5 heteroatoms. The highest BCUT2D eigenvalue weighted by atomic mass is 16.1. The molecule has 0 N–H and O–H groups in total. The van der Waals surface area contributed by atoms with Crippen LogP contribution >= 0.6 is 0 Å². The van der Waals surface area contributed by atoms with Crippen molar-refractivity contribution in [1.82, 2.24) is 19.7 Å². The first-order chi connectivity index (χ1) is 10.7. The summed E-state index contributed by atoms with van der Waals surface area (Å²) in [6.07, 6.45) is 7.06. The fourth-order valence-corrected chi connectivity index (χ4v) is 3.01. The Labute approximate surface area is 131 Å². The lowest BCUT2D eigenvalue weighted by Gasteiger charge is -2.14. The number of rotatable bonds is 5. The van der Waals surface area contributed by atoms with E-state index in [1.807, 2.05) is 16.8 Å². The fraction of sp³-hybridized carbons (Fsp3) is 0.471. The number of carbonyl (C=O) groups is 1. The molecule has 5 nitrogen and oxygen atoms in total. The summed E-state index contributed by atoms with van der Waals surface area (Å²) in [5, 5.41) is 4.75. The summed E-state index contributed by atoms with van der Waals surface area (Å²) < 4.78 is 2.04. The minimum atomic E-state index is 0.221. The third-order valence-corrected chi connectivity index (χ3v) is 4.06. The Morgan fingerprint density at radius 1 is 1.32 bits per heavy atom. The summed E-state index contributed by atoms with van der Waals surface area (Å²) in [6.45, 7) is 1.87. The van der Waals surface area contributed by atoms with Crippen LogP contribution in [-0.2, 0) is 13.0 Å². The van der Waals surface area contributed by atoms with Gasteiger partial charge in [-0.25, -0.2) is 0 Å². The largest absolute Gasteiger partial charge is 0.309 e. The standard InChI is InChI=1S/C17H22N4O/c1-20(2)10-5-11-21-14-7-3-8-15(22)16(14)17(19-21)13-6-4-9-18-12-13/h4,6,9,12H,3,5,7-8,10-11H2,1-2H3. The van der Waals surface area contributed by atoms with Gasteiger partial charge in [-0.3, -0.25) is 14.5 Å². The van der Waals surface area contributed by atoms with E-state index in [1.54, 1.807) is 12.4 Å². The lowest BCUT2D eigenvalue weighted by atomic mass is 9.92. The predicted molar refractivity (Wildman–Crippen MR) is 85.9 cm³/mol. The number of fused-ring (bicyclic) bond motifs is 1. The highest BCUT2D eigenvalue weighted by molar-refractivity contribution is 6.03. The molecule has 2 aromatic rings. The molecule has 2 heterocycles. The first kappa shape index (κ1) is 14.9. The first-order valence-corrected chi connectivity index (χ1v) is 7.85. The van der Waals surface area contributed by atoms with Crippen LogP contribution in [0, 0.1) is 0 Å². The zero-order valence-corrected chi connectivity index (χ0v) is 13.2. The van der Waals surface area contributed by atoms with E-state index in [-0.39, 0.29) is 5.78 Å². The fourth-order valence-electron chi connectivity index (χ4n) is 3.01. The molecular weight excluding hydrogens is 276 g/mol. The lowest BCUT2D eigenvalue weighted by Crippen LogP contribution is -2.18. The number of nitrogens with zero attached hydrogens (tertiary/aromatic N) is 4. The zero-order valence-electron chi connectivity index (χ0n) is 13.2. The molecule has 0 radical (unpaired) electrons. The number of aryl methyl sites for hydroxylation is 1. The molecule has 1 aliphatic carbocycles. The van der Waals surface area contributed by atoms with Crippen molar-refractivity contribution in [2.75, 3.05) is 20.6 Å². The van der Waals surface area contributed by atoms with Crippen LogP contribution in [0.25, 0.3) is 11.3 Å². The average molecular weight is 298 g/mol. The Morgan fingerprint density at radius 2 is 2.18 bits per heavy atom. The van der Waals surface area contributed by atoms with Gasteiger partial charge in [-0.2, -0.15) is 5.10 Å². The molecule has 0 bridgehead atoms. The normalized spacial score (nSPS) is 14.4. The smallest absolute Gasteiger partial charge is 0.166 e. The molecule has 0 saturated carbocycles. The van der Waals surface area contributed by atoms with Gasteiger partial charge < -0.3 is 4.90 Å². The van der Waals surface area contributed by atoms with E-state index in [0.717, 1.165) is 54.9 Å². The van der Waals surface area contributed by atoms with Gasteiger partial charge in [-0.1, -0.05) is 0 Å². The molecule has 22 heavy (non-hydrogen) atoms. The molecule has 0 fully saturated rings. The molecule has 116 valence electrons. The number of aromatic nitrogens is 3. The van der Waals surface area contributed by atoms with Crippen molar-refractivity contribution in [3.63, 3.8) is 0 Å². The Kier molecular flexibility index (Phi) is 4.34. The van der Waals surface area contributed by atoms with Gasteiger partial charge in [0.15, 0.2) is 5.78 Å². The van der Waals surface area contributed by atoms with E-state index in [9.17, 15) is 4.79 Å². The Hall–Kier alpha value is -2.01. The number of hydrogen-bond donors (Lipinski definition) is 0.